The minimum Gasteiger partial charge on any atom is -0.309 e. The molecule has 1 aliphatic rings. The number of nitrogens with zero attached hydrogens (tertiary/aromatic N) is 4. The lowest BCUT2D eigenvalue weighted by atomic mass is 9.83. The molecule has 0 spiro atoms. The van der Waals surface area contributed by atoms with Crippen LogP contribution in [0.5, 0.6) is 0 Å². The van der Waals surface area contributed by atoms with E-state index >= 15 is 0 Å². The summed E-state index contributed by atoms with van der Waals surface area (Å²) in [5.41, 5.74) is 12.8. The highest BCUT2D eigenvalue weighted by molar-refractivity contribution is 7.16. The van der Waals surface area contributed by atoms with Crippen molar-refractivity contribution in [2.24, 2.45) is 0 Å². The second kappa shape index (κ2) is 9.28. The molecule has 2 heterocycles. The van der Waals surface area contributed by atoms with Gasteiger partial charge < -0.3 is 4.90 Å². The van der Waals surface area contributed by atoms with Crippen LogP contribution in [0.4, 0.5) is 17.1 Å². The van der Waals surface area contributed by atoms with Gasteiger partial charge in [0.25, 0.3) is 0 Å². The van der Waals surface area contributed by atoms with Gasteiger partial charge >= 0.3 is 0 Å². The Morgan fingerprint density at radius 2 is 1.47 bits per heavy atom. The monoisotopic (exact) mass is 514 g/mol. The molecule has 0 radical (unpaired) electrons. The number of thiophene rings is 1. The van der Waals surface area contributed by atoms with E-state index < -0.39 is 0 Å². The number of pyridine rings is 1. The number of nitriles is 2. The maximum atomic E-state index is 9.19. The lowest BCUT2D eigenvalue weighted by molar-refractivity contribution is 0.660. The molecule has 188 valence electrons. The molecule has 1 aliphatic carbocycles. The van der Waals surface area contributed by atoms with Gasteiger partial charge in [-0.2, -0.15) is 10.5 Å². The fourth-order valence-corrected chi connectivity index (χ4v) is 6.46. The molecular weight excluding hydrogens is 484 g/mol. The van der Waals surface area contributed by atoms with Crippen LogP contribution in [0.1, 0.15) is 57.7 Å². The molecule has 2 aromatic carbocycles. The highest BCUT2D eigenvalue weighted by atomic mass is 32.1. The lowest BCUT2D eigenvalue weighted by Gasteiger charge is -2.29. The normalized spacial score (nSPS) is 12.8. The van der Waals surface area contributed by atoms with E-state index in [1.54, 1.807) is 17.4 Å². The molecule has 4 nitrogen and oxygen atoms in total. The van der Waals surface area contributed by atoms with Crippen molar-refractivity contribution >= 4 is 34.5 Å². The van der Waals surface area contributed by atoms with Gasteiger partial charge in [0.05, 0.1) is 22.5 Å². The Bertz CT molecular complexity index is 1680. The number of allylic oxidation sites excluding steroid dienone is 1. The maximum absolute atomic E-state index is 9.19. The van der Waals surface area contributed by atoms with Crippen molar-refractivity contribution in [3.63, 3.8) is 0 Å². The molecule has 0 N–H and O–H groups in total. The average molecular weight is 515 g/mol. The van der Waals surface area contributed by atoms with Crippen LogP contribution in [-0.4, -0.2) is 4.98 Å². The van der Waals surface area contributed by atoms with Crippen molar-refractivity contribution in [2.75, 3.05) is 4.90 Å². The van der Waals surface area contributed by atoms with Crippen molar-refractivity contribution in [2.45, 2.75) is 53.9 Å². The molecule has 0 bridgehead atoms. The maximum Gasteiger partial charge on any atom is 0.131 e. The largest absolute Gasteiger partial charge is 0.309 e. The zero-order valence-electron chi connectivity index (χ0n) is 22.9. The predicted molar refractivity (Wildman–Crippen MR) is 157 cm³/mol. The number of hydrogen-bond donors (Lipinski definition) is 0. The van der Waals surface area contributed by atoms with Crippen LogP contribution in [0.2, 0.25) is 0 Å². The summed E-state index contributed by atoms with van der Waals surface area (Å²) >= 11 is 1.59. The number of aromatic nitrogens is 1. The van der Waals surface area contributed by atoms with Crippen molar-refractivity contribution < 1.29 is 0 Å². The van der Waals surface area contributed by atoms with Crippen LogP contribution in [0.15, 0.2) is 54.2 Å². The second-order valence-corrected chi connectivity index (χ2v) is 11.8. The highest BCUT2D eigenvalue weighted by Gasteiger charge is 2.39. The average Bonchev–Trinajstić information content (AvgIpc) is 3.40. The minimum absolute atomic E-state index is 0.110. The van der Waals surface area contributed by atoms with E-state index in [0.29, 0.717) is 0 Å². The lowest BCUT2D eigenvalue weighted by Crippen LogP contribution is -2.17. The third-order valence-electron chi connectivity index (χ3n) is 7.89. The van der Waals surface area contributed by atoms with Crippen molar-refractivity contribution in [1.82, 2.24) is 4.98 Å². The summed E-state index contributed by atoms with van der Waals surface area (Å²) in [6, 6.07) is 19.4. The number of fused-ring (bicyclic) bond motifs is 3. The van der Waals surface area contributed by atoms with Crippen LogP contribution >= 0.6 is 11.3 Å². The fraction of sp³-hybridized carbons (Fsp3) is 0.242. The summed E-state index contributed by atoms with van der Waals surface area (Å²) in [5.74, 6) is 0. The molecule has 0 aliphatic heterocycles. The number of hydrogen-bond acceptors (Lipinski definition) is 5. The van der Waals surface area contributed by atoms with E-state index in [2.05, 4.69) is 95.8 Å². The number of aryl methyl sites for hydroxylation is 4. The molecule has 2 aromatic heterocycles. The smallest absolute Gasteiger partial charge is 0.131 e. The summed E-state index contributed by atoms with van der Waals surface area (Å²) < 4.78 is 0. The summed E-state index contributed by atoms with van der Waals surface area (Å²) in [6.07, 6.45) is 3.63. The molecule has 0 saturated heterocycles. The second-order valence-electron chi connectivity index (χ2n) is 10.7. The van der Waals surface area contributed by atoms with Crippen molar-refractivity contribution in [3.05, 3.63) is 98.1 Å². The first kappa shape index (κ1) is 25.5. The van der Waals surface area contributed by atoms with E-state index in [4.69, 9.17) is 4.98 Å². The van der Waals surface area contributed by atoms with E-state index in [9.17, 15) is 10.5 Å². The van der Waals surface area contributed by atoms with Crippen LogP contribution in [0.25, 0.3) is 16.6 Å². The fourth-order valence-electron chi connectivity index (χ4n) is 5.19. The van der Waals surface area contributed by atoms with E-state index in [0.717, 1.165) is 32.5 Å². The van der Waals surface area contributed by atoms with Gasteiger partial charge in [-0.3, -0.25) is 4.98 Å². The first-order chi connectivity index (χ1) is 18.0. The van der Waals surface area contributed by atoms with Crippen LogP contribution in [-0.2, 0) is 5.41 Å². The van der Waals surface area contributed by atoms with Gasteiger partial charge in [-0.15, -0.1) is 11.3 Å². The summed E-state index contributed by atoms with van der Waals surface area (Å²) in [7, 11) is 0. The molecule has 0 fully saturated rings. The Balaban J connectivity index is 1.68. The molecule has 0 unspecified atom stereocenters. The third-order valence-corrected chi connectivity index (χ3v) is 8.98. The Labute approximate surface area is 229 Å². The topological polar surface area (TPSA) is 63.7 Å². The third kappa shape index (κ3) is 4.10. The molecule has 0 saturated carbocycles. The summed E-state index contributed by atoms with van der Waals surface area (Å²) in [6.45, 7) is 15.2. The highest BCUT2D eigenvalue weighted by Crippen LogP contribution is 2.53. The molecule has 5 heteroatoms. The quantitative estimate of drug-likeness (QED) is 0.255. The van der Waals surface area contributed by atoms with Gasteiger partial charge in [0.2, 0.25) is 0 Å². The van der Waals surface area contributed by atoms with Crippen LogP contribution in [0.3, 0.4) is 0 Å². The van der Waals surface area contributed by atoms with Gasteiger partial charge in [-0.25, -0.2) is 0 Å². The van der Waals surface area contributed by atoms with Gasteiger partial charge in [-0.1, -0.05) is 19.9 Å². The van der Waals surface area contributed by atoms with Crippen LogP contribution in [0, 0.1) is 57.3 Å². The van der Waals surface area contributed by atoms with Crippen LogP contribution < -0.4 is 4.90 Å². The van der Waals surface area contributed by atoms with Gasteiger partial charge in [0.1, 0.15) is 17.7 Å². The SMILES string of the molecule is Cc1ccc(N(c2cc(C)c(C)c(C)c2)c2cnc3c(c2)C(C)(C)c2cc(C=C(C#N)C#N)sc2-3)cc1C. The number of benzene rings is 2. The molecular formula is C33H30N4S. The van der Waals surface area contributed by atoms with Crippen molar-refractivity contribution in [3.8, 4) is 22.7 Å². The Kier molecular flexibility index (Phi) is 6.22. The standard InChI is InChI=1S/C33H30N4S/c1-19-8-9-25(10-20(19)2)37(26-11-21(3)23(5)22(4)12-26)27-14-29-31(36-18-27)32-30(33(29,6)7)15-28(38-32)13-24(16-34)17-35/h8-15,18H,1-7H3. The molecule has 38 heavy (non-hydrogen) atoms. The first-order valence-corrected chi connectivity index (χ1v) is 13.5. The van der Waals surface area contributed by atoms with E-state index in [1.807, 2.05) is 18.3 Å². The Morgan fingerprint density at radius 1 is 0.816 bits per heavy atom. The first-order valence-electron chi connectivity index (χ1n) is 12.7. The van der Waals surface area contributed by atoms with Crippen molar-refractivity contribution in [1.29, 1.82) is 10.5 Å². The number of rotatable bonds is 4. The zero-order chi connectivity index (χ0) is 27.4. The Morgan fingerprint density at radius 3 is 2.11 bits per heavy atom. The minimum atomic E-state index is -0.260. The van der Waals surface area contributed by atoms with Gasteiger partial charge in [0.15, 0.2) is 0 Å². The Hall–Kier alpha value is -4.19. The summed E-state index contributed by atoms with van der Waals surface area (Å²) in [4.78, 5) is 9.34. The molecule has 0 amide bonds. The zero-order valence-corrected chi connectivity index (χ0v) is 23.7. The van der Waals surface area contributed by atoms with E-state index in [-0.39, 0.29) is 11.0 Å². The van der Waals surface area contributed by atoms with Gasteiger partial charge in [-0.05, 0) is 116 Å². The summed E-state index contributed by atoms with van der Waals surface area (Å²) in [5, 5.41) is 18.4. The predicted octanol–water partition coefficient (Wildman–Crippen LogP) is 8.89. The number of anilines is 3. The molecule has 4 aromatic rings. The molecule has 0 atom stereocenters. The van der Waals surface area contributed by atoms with E-state index in [1.165, 1.54) is 38.9 Å². The van der Waals surface area contributed by atoms with Gasteiger partial charge in [0, 0.05) is 21.7 Å². The molecule has 5 rings (SSSR count).